The number of rotatable bonds is 2. The van der Waals surface area contributed by atoms with Crippen molar-refractivity contribution in [2.24, 2.45) is 0 Å². The number of aromatic nitrogens is 4. The van der Waals surface area contributed by atoms with E-state index >= 15 is 0 Å². The molecule has 76 valence electrons. The first-order chi connectivity index (χ1) is 7.20. The van der Waals surface area contributed by atoms with Gasteiger partial charge >= 0.3 is 0 Å². The number of carbonyl (C=O) groups excluding carboxylic acids is 1. The minimum Gasteiger partial charge on any atom is -0.296 e. The molecule has 0 N–H and O–H groups in total. The molecule has 0 aliphatic rings. The van der Waals surface area contributed by atoms with Crippen LogP contribution in [0.2, 0.25) is 0 Å². The third-order valence-electron chi connectivity index (χ3n) is 1.64. The smallest absolute Gasteiger partial charge is 0.191 e. The molecule has 0 radical (unpaired) electrons. The van der Waals surface area contributed by atoms with Crippen molar-refractivity contribution in [2.45, 2.75) is 0 Å². The lowest BCUT2D eigenvalue weighted by atomic mass is 10.4. The van der Waals surface area contributed by atoms with Gasteiger partial charge in [-0.1, -0.05) is 5.21 Å². The van der Waals surface area contributed by atoms with E-state index in [1.165, 1.54) is 6.20 Å². The first kappa shape index (κ1) is 9.38. The second-order valence-corrected chi connectivity index (χ2v) is 2.66. The summed E-state index contributed by atoms with van der Waals surface area (Å²) < 4.78 is 26.7. The van der Waals surface area contributed by atoms with Gasteiger partial charge in [-0.2, -0.15) is 4.68 Å². The normalized spacial score (nSPS) is 10.3. The van der Waals surface area contributed by atoms with Crippen LogP contribution >= 0.6 is 0 Å². The highest BCUT2D eigenvalue weighted by Crippen LogP contribution is 2.09. The Bertz CT molecular complexity index is 511. The van der Waals surface area contributed by atoms with Gasteiger partial charge in [-0.05, 0) is 0 Å². The molecule has 0 aliphatic heterocycles. The molecule has 0 saturated carbocycles. The largest absolute Gasteiger partial charge is 0.296 e. The van der Waals surface area contributed by atoms with Crippen LogP contribution in [0.25, 0.3) is 5.82 Å². The molecule has 0 bridgehead atoms. The number of aldehydes is 1. The van der Waals surface area contributed by atoms with Gasteiger partial charge in [-0.15, -0.1) is 5.10 Å². The Labute approximate surface area is 82.4 Å². The Hall–Kier alpha value is -2.18. The number of hydrogen-bond acceptors (Lipinski definition) is 4. The van der Waals surface area contributed by atoms with Crippen LogP contribution in [0.3, 0.4) is 0 Å². The van der Waals surface area contributed by atoms with E-state index in [-0.39, 0.29) is 11.5 Å². The van der Waals surface area contributed by atoms with Crippen LogP contribution in [0.5, 0.6) is 0 Å². The zero-order valence-corrected chi connectivity index (χ0v) is 7.26. The Morgan fingerprint density at radius 2 is 2.20 bits per heavy atom. The number of halogens is 2. The van der Waals surface area contributed by atoms with E-state index in [0.29, 0.717) is 12.4 Å². The highest BCUT2D eigenvalue weighted by Gasteiger charge is 2.09. The van der Waals surface area contributed by atoms with Crippen molar-refractivity contribution in [1.82, 2.24) is 20.0 Å². The van der Waals surface area contributed by atoms with Gasteiger partial charge in [0.25, 0.3) is 0 Å². The van der Waals surface area contributed by atoms with Gasteiger partial charge in [-0.3, -0.25) is 4.79 Å². The molecule has 2 rings (SSSR count). The van der Waals surface area contributed by atoms with E-state index < -0.39 is 11.6 Å². The van der Waals surface area contributed by atoms with E-state index in [0.717, 1.165) is 10.9 Å². The second kappa shape index (κ2) is 3.52. The van der Waals surface area contributed by atoms with Crippen LogP contribution < -0.4 is 0 Å². The molecule has 2 aromatic rings. The van der Waals surface area contributed by atoms with Crippen molar-refractivity contribution in [2.75, 3.05) is 0 Å². The predicted molar refractivity (Wildman–Crippen MR) is 44.5 cm³/mol. The minimum atomic E-state index is -0.877. The zero-order chi connectivity index (χ0) is 10.8. The highest BCUT2D eigenvalue weighted by molar-refractivity contribution is 5.70. The summed E-state index contributed by atoms with van der Waals surface area (Å²) in [6.45, 7) is 0. The van der Waals surface area contributed by atoms with Gasteiger partial charge in [0.1, 0.15) is 11.5 Å². The third kappa shape index (κ3) is 1.71. The lowest BCUT2D eigenvalue weighted by Gasteiger charge is -1.99. The van der Waals surface area contributed by atoms with Crippen molar-refractivity contribution >= 4 is 6.29 Å². The first-order valence-electron chi connectivity index (χ1n) is 3.89. The number of hydrogen-bond donors (Lipinski definition) is 0. The molecular formula is C8H4F2N4O. The third-order valence-corrected chi connectivity index (χ3v) is 1.64. The molecule has 15 heavy (non-hydrogen) atoms. The van der Waals surface area contributed by atoms with Gasteiger partial charge in [0, 0.05) is 6.07 Å². The van der Waals surface area contributed by atoms with Gasteiger partial charge in [0.05, 0.1) is 12.4 Å². The summed E-state index contributed by atoms with van der Waals surface area (Å²) in [6.07, 6.45) is 2.50. The van der Waals surface area contributed by atoms with Crippen LogP contribution in [0.1, 0.15) is 10.5 Å². The maximum atomic E-state index is 13.2. The lowest BCUT2D eigenvalue weighted by molar-refractivity contribution is 0.111. The Morgan fingerprint density at radius 1 is 1.40 bits per heavy atom. The topological polar surface area (TPSA) is 60.7 Å². The van der Waals surface area contributed by atoms with Crippen molar-refractivity contribution < 1.29 is 13.6 Å². The molecule has 2 aromatic heterocycles. The predicted octanol–water partition coefficient (Wildman–Crippen LogP) is 0.753. The lowest BCUT2D eigenvalue weighted by Crippen LogP contribution is -2.02. The number of nitrogens with zero attached hydrogens (tertiary/aromatic N) is 4. The summed E-state index contributed by atoms with van der Waals surface area (Å²) in [5.74, 6) is -1.87. The summed E-state index contributed by atoms with van der Waals surface area (Å²) in [7, 11) is 0. The number of pyridine rings is 1. The van der Waals surface area contributed by atoms with Crippen LogP contribution in [0.4, 0.5) is 8.78 Å². The Kier molecular flexibility index (Phi) is 2.20. The Balaban J connectivity index is 2.49. The van der Waals surface area contributed by atoms with Crippen LogP contribution in [0, 0.1) is 11.6 Å². The first-order valence-corrected chi connectivity index (χ1v) is 3.89. The highest BCUT2D eigenvalue weighted by atomic mass is 19.1. The molecule has 5 nitrogen and oxygen atoms in total. The fourth-order valence-corrected chi connectivity index (χ4v) is 1.01. The monoisotopic (exact) mass is 210 g/mol. The fraction of sp³-hybridized carbons (Fsp3) is 0. The van der Waals surface area contributed by atoms with E-state index in [9.17, 15) is 13.6 Å². The average molecular weight is 210 g/mol. The number of carbonyl (C=O) groups is 1. The van der Waals surface area contributed by atoms with Crippen LogP contribution in [-0.4, -0.2) is 26.3 Å². The van der Waals surface area contributed by atoms with Gasteiger partial charge in [0.15, 0.2) is 17.9 Å². The maximum absolute atomic E-state index is 13.2. The molecule has 0 atom stereocenters. The molecule has 0 unspecified atom stereocenters. The van der Waals surface area contributed by atoms with E-state index in [1.807, 2.05) is 0 Å². The maximum Gasteiger partial charge on any atom is 0.191 e. The molecule has 0 amide bonds. The standard InChI is InChI=1S/C8H4F2N4O/c9-5-1-7(10)8(11-2-5)14-3-6(4-15)12-13-14/h1-4H. The Morgan fingerprint density at radius 3 is 2.80 bits per heavy atom. The van der Waals surface area contributed by atoms with Crippen molar-refractivity contribution in [3.8, 4) is 5.82 Å². The van der Waals surface area contributed by atoms with Gasteiger partial charge in [-0.25, -0.2) is 13.8 Å². The average Bonchev–Trinajstić information content (AvgIpc) is 2.66. The van der Waals surface area contributed by atoms with Crippen LogP contribution in [0.15, 0.2) is 18.5 Å². The molecule has 0 aliphatic carbocycles. The molecule has 0 spiro atoms. The molecule has 0 saturated heterocycles. The molecule has 0 fully saturated rings. The van der Waals surface area contributed by atoms with Crippen molar-refractivity contribution in [3.63, 3.8) is 0 Å². The summed E-state index contributed by atoms with van der Waals surface area (Å²) in [5.41, 5.74) is 0.0422. The molecule has 2 heterocycles. The van der Waals surface area contributed by atoms with E-state index in [2.05, 4.69) is 15.3 Å². The summed E-state index contributed by atoms with van der Waals surface area (Å²) >= 11 is 0. The van der Waals surface area contributed by atoms with Crippen molar-refractivity contribution in [1.29, 1.82) is 0 Å². The van der Waals surface area contributed by atoms with E-state index in [1.54, 1.807) is 0 Å². The zero-order valence-electron chi connectivity index (χ0n) is 7.26. The fourth-order valence-electron chi connectivity index (χ4n) is 1.01. The summed E-state index contributed by atoms with van der Waals surface area (Å²) in [5, 5.41) is 6.88. The molecule has 0 aromatic carbocycles. The SMILES string of the molecule is O=Cc1cn(-c2ncc(F)cc2F)nn1. The summed E-state index contributed by atoms with van der Waals surface area (Å²) in [4.78, 5) is 13.8. The van der Waals surface area contributed by atoms with E-state index in [4.69, 9.17) is 0 Å². The molecular weight excluding hydrogens is 206 g/mol. The summed E-state index contributed by atoms with van der Waals surface area (Å²) in [6, 6.07) is 0.671. The van der Waals surface area contributed by atoms with Crippen molar-refractivity contribution in [3.05, 3.63) is 35.8 Å². The quantitative estimate of drug-likeness (QED) is 0.686. The minimum absolute atomic E-state index is 0.0422. The second-order valence-electron chi connectivity index (χ2n) is 2.66. The van der Waals surface area contributed by atoms with Gasteiger partial charge < -0.3 is 0 Å². The molecule has 7 heteroatoms. The van der Waals surface area contributed by atoms with Crippen LogP contribution in [-0.2, 0) is 0 Å². The van der Waals surface area contributed by atoms with Gasteiger partial charge in [0.2, 0.25) is 0 Å².